The van der Waals surface area contributed by atoms with E-state index in [1.54, 1.807) is 18.2 Å². The van der Waals surface area contributed by atoms with Gasteiger partial charge in [0.1, 0.15) is 29.7 Å². The maximum absolute atomic E-state index is 14.0. The van der Waals surface area contributed by atoms with E-state index in [1.807, 2.05) is 0 Å². The Morgan fingerprint density at radius 2 is 1.51 bits per heavy atom. The molecule has 178 valence electrons. The van der Waals surface area contributed by atoms with Crippen LogP contribution < -0.4 is 20.2 Å². The van der Waals surface area contributed by atoms with Gasteiger partial charge in [-0.15, -0.1) is 0 Å². The van der Waals surface area contributed by atoms with E-state index in [9.17, 15) is 23.2 Å². The molecule has 0 aliphatic rings. The number of hydrogen-bond donors (Lipinski definition) is 1. The molecule has 4 rings (SSSR count). The number of rotatable bonds is 7. The van der Waals surface area contributed by atoms with Gasteiger partial charge in [0.25, 0.3) is 0 Å². The fourth-order valence-corrected chi connectivity index (χ4v) is 3.65. The van der Waals surface area contributed by atoms with E-state index in [2.05, 4.69) is 5.32 Å². The molecule has 0 spiro atoms. The second-order valence-corrected chi connectivity index (χ2v) is 7.65. The highest BCUT2D eigenvalue weighted by atomic mass is 19.1. The molecule has 4 aromatic rings. The summed E-state index contributed by atoms with van der Waals surface area (Å²) in [4.78, 5) is 38.9. The van der Waals surface area contributed by atoms with Crippen molar-refractivity contribution < 1.29 is 27.8 Å². The number of halogens is 2. The third-order valence-electron chi connectivity index (χ3n) is 5.34. The monoisotopic (exact) mass is 478 g/mol. The number of hydrogen-bond acceptors (Lipinski definition) is 5. The molecule has 9 heteroatoms. The number of nitrogens with zero attached hydrogens (tertiary/aromatic N) is 1. The van der Waals surface area contributed by atoms with Crippen molar-refractivity contribution >= 4 is 28.3 Å². The van der Waals surface area contributed by atoms with Crippen molar-refractivity contribution in [1.82, 2.24) is 4.57 Å². The summed E-state index contributed by atoms with van der Waals surface area (Å²) in [7, 11) is 2.96. The van der Waals surface area contributed by atoms with E-state index in [0.29, 0.717) is 17.2 Å². The average Bonchev–Trinajstić information content (AvgIpc) is 2.85. The lowest BCUT2D eigenvalue weighted by atomic mass is 10.0. The number of aromatic nitrogens is 1. The highest BCUT2D eigenvalue weighted by Gasteiger charge is 2.19. The summed E-state index contributed by atoms with van der Waals surface area (Å²) in [5.74, 6) is -1.42. The zero-order valence-corrected chi connectivity index (χ0v) is 18.8. The number of pyridine rings is 1. The zero-order chi connectivity index (χ0) is 25.1. The quantitative estimate of drug-likeness (QED) is 0.403. The number of benzene rings is 3. The van der Waals surface area contributed by atoms with Crippen LogP contribution in [0.5, 0.6) is 11.5 Å². The van der Waals surface area contributed by atoms with Gasteiger partial charge in [-0.3, -0.25) is 14.4 Å². The molecule has 7 nitrogen and oxygen atoms in total. The second-order valence-electron chi connectivity index (χ2n) is 7.65. The molecule has 0 saturated heterocycles. The van der Waals surface area contributed by atoms with Crippen LogP contribution in [0.1, 0.15) is 15.9 Å². The van der Waals surface area contributed by atoms with E-state index in [4.69, 9.17) is 9.47 Å². The first-order valence-electron chi connectivity index (χ1n) is 10.4. The number of fused-ring (bicyclic) bond motifs is 1. The zero-order valence-electron chi connectivity index (χ0n) is 18.8. The molecule has 0 unspecified atom stereocenters. The Morgan fingerprint density at radius 3 is 2.14 bits per heavy atom. The van der Waals surface area contributed by atoms with Crippen LogP contribution in [0.15, 0.2) is 71.7 Å². The van der Waals surface area contributed by atoms with Gasteiger partial charge in [-0.25, -0.2) is 8.78 Å². The van der Waals surface area contributed by atoms with Gasteiger partial charge in [0.15, 0.2) is 5.78 Å². The van der Waals surface area contributed by atoms with Gasteiger partial charge >= 0.3 is 0 Å². The van der Waals surface area contributed by atoms with E-state index >= 15 is 0 Å². The molecule has 0 aliphatic carbocycles. The molecular weight excluding hydrogens is 458 g/mol. The van der Waals surface area contributed by atoms with Gasteiger partial charge < -0.3 is 19.4 Å². The van der Waals surface area contributed by atoms with Crippen molar-refractivity contribution in [2.45, 2.75) is 6.54 Å². The molecule has 0 saturated carbocycles. The van der Waals surface area contributed by atoms with E-state index in [0.717, 1.165) is 24.3 Å². The van der Waals surface area contributed by atoms with Crippen LogP contribution in [0.3, 0.4) is 0 Å². The molecule has 0 bridgehead atoms. The maximum Gasteiger partial charge on any atom is 0.244 e. The number of methoxy groups -OCH3 is 2. The van der Waals surface area contributed by atoms with Crippen LogP contribution in [0, 0.1) is 11.6 Å². The summed E-state index contributed by atoms with van der Waals surface area (Å²) >= 11 is 0. The molecule has 0 radical (unpaired) electrons. The largest absolute Gasteiger partial charge is 0.497 e. The Kier molecular flexibility index (Phi) is 6.59. The van der Waals surface area contributed by atoms with E-state index in [1.165, 1.54) is 43.2 Å². The molecular formula is C26H20F2N2O5. The van der Waals surface area contributed by atoms with Gasteiger partial charge in [-0.05, 0) is 42.5 Å². The number of amides is 1. The summed E-state index contributed by atoms with van der Waals surface area (Å²) < 4.78 is 39.0. The number of carbonyl (C=O) groups excluding carboxylic acids is 2. The first-order valence-corrected chi connectivity index (χ1v) is 10.4. The van der Waals surface area contributed by atoms with Crippen LogP contribution in [0.4, 0.5) is 14.5 Å². The van der Waals surface area contributed by atoms with Crippen molar-refractivity contribution in [3.8, 4) is 11.5 Å². The van der Waals surface area contributed by atoms with E-state index < -0.39 is 28.8 Å². The van der Waals surface area contributed by atoms with Gasteiger partial charge in [-0.2, -0.15) is 0 Å². The number of anilines is 1. The fraction of sp³-hybridized carbons (Fsp3) is 0.115. The number of carbonyl (C=O) groups is 2. The predicted molar refractivity (Wildman–Crippen MR) is 126 cm³/mol. The highest BCUT2D eigenvalue weighted by Crippen LogP contribution is 2.26. The minimum Gasteiger partial charge on any atom is -0.497 e. The number of nitrogens with one attached hydrogen (secondary N) is 1. The first kappa shape index (κ1) is 23.6. The van der Waals surface area contributed by atoms with Gasteiger partial charge in [0, 0.05) is 41.0 Å². The van der Waals surface area contributed by atoms with Crippen LogP contribution in [0.2, 0.25) is 0 Å². The van der Waals surface area contributed by atoms with Crippen LogP contribution in [0.25, 0.3) is 10.9 Å². The molecule has 0 fully saturated rings. The highest BCUT2D eigenvalue weighted by molar-refractivity contribution is 6.10. The van der Waals surface area contributed by atoms with Crippen LogP contribution in [-0.2, 0) is 11.3 Å². The lowest BCUT2D eigenvalue weighted by Gasteiger charge is -2.14. The van der Waals surface area contributed by atoms with Crippen molar-refractivity contribution in [2.24, 2.45) is 0 Å². The van der Waals surface area contributed by atoms with Crippen molar-refractivity contribution in [2.75, 3.05) is 19.5 Å². The Morgan fingerprint density at radius 1 is 0.886 bits per heavy atom. The van der Waals surface area contributed by atoms with E-state index in [-0.39, 0.29) is 28.6 Å². The summed E-state index contributed by atoms with van der Waals surface area (Å²) in [5.41, 5.74) is -0.206. The predicted octanol–water partition coefficient (Wildman–Crippen LogP) is 4.17. The Labute approximate surface area is 198 Å². The Balaban J connectivity index is 1.73. The van der Waals surface area contributed by atoms with Gasteiger partial charge in [-0.1, -0.05) is 0 Å². The molecule has 1 aromatic heterocycles. The van der Waals surface area contributed by atoms with Gasteiger partial charge in [0.2, 0.25) is 11.3 Å². The number of ketones is 1. The lowest BCUT2D eigenvalue weighted by Crippen LogP contribution is -2.24. The first-order chi connectivity index (χ1) is 16.8. The fourth-order valence-electron chi connectivity index (χ4n) is 3.65. The smallest absolute Gasteiger partial charge is 0.244 e. The molecule has 1 N–H and O–H groups in total. The third-order valence-corrected chi connectivity index (χ3v) is 5.34. The lowest BCUT2D eigenvalue weighted by molar-refractivity contribution is -0.116. The molecule has 1 heterocycles. The average molecular weight is 478 g/mol. The molecule has 3 aromatic carbocycles. The summed E-state index contributed by atoms with van der Waals surface area (Å²) in [6.07, 6.45) is 1.25. The third kappa shape index (κ3) is 5.03. The van der Waals surface area contributed by atoms with Gasteiger partial charge in [0.05, 0.1) is 25.3 Å². The molecule has 0 atom stereocenters. The minimum atomic E-state index is -0.692. The molecule has 1 amide bonds. The van der Waals surface area contributed by atoms with Crippen LogP contribution in [-0.4, -0.2) is 30.5 Å². The summed E-state index contributed by atoms with van der Waals surface area (Å²) in [6, 6.07) is 13.1. The van der Waals surface area contributed by atoms with Crippen molar-refractivity contribution in [1.29, 1.82) is 0 Å². The topological polar surface area (TPSA) is 86.6 Å². The summed E-state index contributed by atoms with van der Waals surface area (Å²) in [5, 5.41) is 2.66. The Bertz CT molecular complexity index is 1470. The Hall–Kier alpha value is -4.53. The second kappa shape index (κ2) is 9.76. The molecule has 0 aliphatic heterocycles. The number of ether oxygens (including phenoxy) is 2. The van der Waals surface area contributed by atoms with Crippen molar-refractivity contribution in [3.05, 3.63) is 99.8 Å². The normalized spacial score (nSPS) is 10.7. The SMILES string of the molecule is COc1cc(NC(=O)Cn2cc(C(=O)c3ccc(F)cc3)c(=O)c3cc(F)ccc32)cc(OC)c1. The standard InChI is InChI=1S/C26H20F2N2O5/c1-34-19-10-18(11-20(12-19)35-2)29-24(31)14-30-13-22(25(32)15-3-5-16(27)6-4-15)26(33)21-9-17(28)7-8-23(21)30/h3-13H,14H2,1-2H3,(H,29,31). The van der Waals surface area contributed by atoms with Crippen molar-refractivity contribution in [3.63, 3.8) is 0 Å². The maximum atomic E-state index is 14.0. The van der Waals surface area contributed by atoms with Crippen LogP contribution >= 0.6 is 0 Å². The molecule has 35 heavy (non-hydrogen) atoms. The summed E-state index contributed by atoms with van der Waals surface area (Å²) in [6.45, 7) is -0.286. The minimum absolute atomic E-state index is 0.0613.